The van der Waals surface area contributed by atoms with Crippen LogP contribution in [0, 0.1) is 11.8 Å². The molecule has 5 heteroatoms. The van der Waals surface area contributed by atoms with Crippen molar-refractivity contribution >= 4 is 11.8 Å². The van der Waals surface area contributed by atoms with E-state index in [1.807, 2.05) is 4.90 Å². The number of carbonyl (C=O) groups is 2. The third kappa shape index (κ3) is 4.20. The molecule has 0 aromatic rings. The van der Waals surface area contributed by atoms with Crippen LogP contribution in [0.25, 0.3) is 0 Å². The molecule has 5 nitrogen and oxygen atoms in total. The van der Waals surface area contributed by atoms with Crippen LogP contribution in [0.1, 0.15) is 32.6 Å². The van der Waals surface area contributed by atoms with E-state index in [4.69, 9.17) is 4.74 Å². The molecule has 0 bridgehead atoms. The van der Waals surface area contributed by atoms with E-state index in [1.165, 1.54) is 0 Å². The highest BCUT2D eigenvalue weighted by molar-refractivity contribution is 5.79. The summed E-state index contributed by atoms with van der Waals surface area (Å²) < 4.78 is 5.31. The number of nitrogens with zero attached hydrogens (tertiary/aromatic N) is 1. The van der Waals surface area contributed by atoms with Gasteiger partial charge in [0, 0.05) is 45.7 Å². The molecular weight excluding hydrogens is 244 g/mol. The number of amides is 2. The second kappa shape index (κ2) is 6.89. The standard InChI is InChI=1S/C14H24N2O3/c1-11(17)16-7-3-13(4-8-16)14(18)15-6-2-12-5-9-19-10-12/h12-13H,2-10H2,1H3,(H,15,18)/t12-/m0/s1. The molecule has 2 fully saturated rings. The van der Waals surface area contributed by atoms with Gasteiger partial charge in [-0.25, -0.2) is 0 Å². The fourth-order valence-corrected chi connectivity index (χ4v) is 2.81. The van der Waals surface area contributed by atoms with Gasteiger partial charge < -0.3 is 15.0 Å². The van der Waals surface area contributed by atoms with Gasteiger partial charge >= 0.3 is 0 Å². The predicted octanol–water partition coefficient (Wildman–Crippen LogP) is 0.788. The molecule has 1 atom stereocenters. The van der Waals surface area contributed by atoms with Crippen molar-refractivity contribution in [2.75, 3.05) is 32.8 Å². The molecule has 0 saturated carbocycles. The van der Waals surface area contributed by atoms with Gasteiger partial charge in [-0.2, -0.15) is 0 Å². The van der Waals surface area contributed by atoms with Crippen LogP contribution < -0.4 is 5.32 Å². The Morgan fingerprint density at radius 2 is 2.00 bits per heavy atom. The highest BCUT2D eigenvalue weighted by Gasteiger charge is 2.26. The van der Waals surface area contributed by atoms with Crippen molar-refractivity contribution in [2.24, 2.45) is 11.8 Å². The van der Waals surface area contributed by atoms with Gasteiger partial charge in [-0.15, -0.1) is 0 Å². The summed E-state index contributed by atoms with van der Waals surface area (Å²) in [5, 5.41) is 3.03. The first-order valence-corrected chi connectivity index (χ1v) is 7.28. The fourth-order valence-electron chi connectivity index (χ4n) is 2.81. The van der Waals surface area contributed by atoms with E-state index in [1.54, 1.807) is 6.92 Å². The Morgan fingerprint density at radius 1 is 1.26 bits per heavy atom. The Bertz CT molecular complexity index is 319. The van der Waals surface area contributed by atoms with Crippen LogP contribution in [0.3, 0.4) is 0 Å². The Balaban J connectivity index is 1.62. The number of carbonyl (C=O) groups excluding carboxylic acids is 2. The van der Waals surface area contributed by atoms with Crippen LogP contribution >= 0.6 is 0 Å². The van der Waals surface area contributed by atoms with Gasteiger partial charge in [0.25, 0.3) is 0 Å². The van der Waals surface area contributed by atoms with Gasteiger partial charge in [0.1, 0.15) is 0 Å². The molecule has 2 aliphatic rings. The fraction of sp³-hybridized carbons (Fsp3) is 0.857. The second-order valence-corrected chi connectivity index (χ2v) is 5.59. The quantitative estimate of drug-likeness (QED) is 0.820. The zero-order chi connectivity index (χ0) is 13.7. The number of hydrogen-bond donors (Lipinski definition) is 1. The maximum atomic E-state index is 12.0. The highest BCUT2D eigenvalue weighted by atomic mass is 16.5. The van der Waals surface area contributed by atoms with E-state index in [9.17, 15) is 9.59 Å². The molecule has 108 valence electrons. The Morgan fingerprint density at radius 3 is 2.58 bits per heavy atom. The third-order valence-corrected chi connectivity index (χ3v) is 4.19. The number of piperidine rings is 1. The molecule has 0 aromatic carbocycles. The van der Waals surface area contributed by atoms with Gasteiger partial charge in [-0.3, -0.25) is 9.59 Å². The number of ether oxygens (including phenoxy) is 1. The van der Waals surface area contributed by atoms with Crippen LogP contribution in [-0.2, 0) is 14.3 Å². The number of rotatable bonds is 4. The van der Waals surface area contributed by atoms with Crippen LogP contribution in [0.5, 0.6) is 0 Å². The van der Waals surface area contributed by atoms with Gasteiger partial charge in [0.05, 0.1) is 0 Å². The monoisotopic (exact) mass is 268 g/mol. The molecule has 2 amide bonds. The average Bonchev–Trinajstić information content (AvgIpc) is 2.92. The summed E-state index contributed by atoms with van der Waals surface area (Å²) in [4.78, 5) is 25.0. The van der Waals surface area contributed by atoms with Crippen molar-refractivity contribution in [3.63, 3.8) is 0 Å². The average molecular weight is 268 g/mol. The summed E-state index contributed by atoms with van der Waals surface area (Å²) >= 11 is 0. The zero-order valence-corrected chi connectivity index (χ0v) is 11.7. The molecule has 2 aliphatic heterocycles. The lowest BCUT2D eigenvalue weighted by Crippen LogP contribution is -2.42. The molecule has 0 aromatic heterocycles. The van der Waals surface area contributed by atoms with Crippen molar-refractivity contribution in [1.29, 1.82) is 0 Å². The topological polar surface area (TPSA) is 58.6 Å². The Labute approximate surface area is 114 Å². The van der Waals surface area contributed by atoms with Crippen molar-refractivity contribution in [3.05, 3.63) is 0 Å². The van der Waals surface area contributed by atoms with Crippen LogP contribution in [0.4, 0.5) is 0 Å². The van der Waals surface area contributed by atoms with E-state index < -0.39 is 0 Å². The summed E-state index contributed by atoms with van der Waals surface area (Å²) in [6.07, 6.45) is 3.71. The Hall–Kier alpha value is -1.10. The minimum atomic E-state index is 0.0791. The largest absolute Gasteiger partial charge is 0.381 e. The zero-order valence-electron chi connectivity index (χ0n) is 11.7. The van der Waals surface area contributed by atoms with E-state index in [0.717, 1.165) is 45.4 Å². The molecule has 0 spiro atoms. The molecule has 0 radical (unpaired) electrons. The van der Waals surface area contributed by atoms with E-state index in [0.29, 0.717) is 19.0 Å². The van der Waals surface area contributed by atoms with E-state index in [2.05, 4.69) is 5.32 Å². The van der Waals surface area contributed by atoms with Crippen LogP contribution in [-0.4, -0.2) is 49.6 Å². The number of likely N-dealkylation sites (tertiary alicyclic amines) is 1. The molecule has 2 rings (SSSR count). The first kappa shape index (κ1) is 14.3. The predicted molar refractivity (Wildman–Crippen MR) is 71.5 cm³/mol. The molecular formula is C14H24N2O3. The minimum absolute atomic E-state index is 0.0791. The number of hydrogen-bond acceptors (Lipinski definition) is 3. The molecule has 0 aliphatic carbocycles. The lowest BCUT2D eigenvalue weighted by Gasteiger charge is -2.30. The van der Waals surface area contributed by atoms with Crippen molar-refractivity contribution in [2.45, 2.75) is 32.6 Å². The molecule has 0 unspecified atom stereocenters. The second-order valence-electron chi connectivity index (χ2n) is 5.59. The maximum absolute atomic E-state index is 12.0. The normalized spacial score (nSPS) is 24.5. The molecule has 2 saturated heterocycles. The van der Waals surface area contributed by atoms with Crippen LogP contribution in [0.15, 0.2) is 0 Å². The minimum Gasteiger partial charge on any atom is -0.381 e. The van der Waals surface area contributed by atoms with E-state index >= 15 is 0 Å². The van der Waals surface area contributed by atoms with Crippen molar-refractivity contribution < 1.29 is 14.3 Å². The van der Waals surface area contributed by atoms with Gasteiger partial charge in [0.15, 0.2) is 0 Å². The summed E-state index contributed by atoms with van der Waals surface area (Å²) in [5.74, 6) is 0.956. The summed E-state index contributed by atoms with van der Waals surface area (Å²) in [7, 11) is 0. The molecule has 2 heterocycles. The van der Waals surface area contributed by atoms with Crippen LogP contribution in [0.2, 0.25) is 0 Å². The number of nitrogens with one attached hydrogen (secondary N) is 1. The maximum Gasteiger partial charge on any atom is 0.223 e. The lowest BCUT2D eigenvalue weighted by atomic mass is 9.95. The first-order chi connectivity index (χ1) is 9.16. The SMILES string of the molecule is CC(=O)N1CCC(C(=O)NCC[C@H]2CCOC2)CC1. The summed E-state index contributed by atoms with van der Waals surface area (Å²) in [5.41, 5.74) is 0. The lowest BCUT2D eigenvalue weighted by molar-refractivity contribution is -0.133. The van der Waals surface area contributed by atoms with Gasteiger partial charge in [0.2, 0.25) is 11.8 Å². The van der Waals surface area contributed by atoms with Crippen molar-refractivity contribution in [3.8, 4) is 0 Å². The Kier molecular flexibility index (Phi) is 5.19. The summed E-state index contributed by atoms with van der Waals surface area (Å²) in [6, 6.07) is 0. The smallest absolute Gasteiger partial charge is 0.223 e. The first-order valence-electron chi connectivity index (χ1n) is 7.28. The molecule has 1 N–H and O–H groups in total. The third-order valence-electron chi connectivity index (χ3n) is 4.19. The highest BCUT2D eigenvalue weighted by Crippen LogP contribution is 2.18. The van der Waals surface area contributed by atoms with Gasteiger partial charge in [-0.1, -0.05) is 0 Å². The molecule has 19 heavy (non-hydrogen) atoms. The van der Waals surface area contributed by atoms with E-state index in [-0.39, 0.29) is 17.7 Å². The summed E-state index contributed by atoms with van der Waals surface area (Å²) in [6.45, 7) is 5.46. The van der Waals surface area contributed by atoms with Crippen molar-refractivity contribution in [1.82, 2.24) is 10.2 Å². The van der Waals surface area contributed by atoms with Gasteiger partial charge in [-0.05, 0) is 31.6 Å².